The van der Waals surface area contributed by atoms with E-state index in [-0.39, 0.29) is 0 Å². The summed E-state index contributed by atoms with van der Waals surface area (Å²) in [5, 5.41) is 7.69. The Bertz CT molecular complexity index is 697. The molecule has 0 nitrogen and oxygen atoms in total. The lowest BCUT2D eigenvalue weighted by Gasteiger charge is -2.14. The molecule has 1 aromatic carbocycles. The number of hydrogen-bond acceptors (Lipinski definition) is 2. The molecule has 0 saturated carbocycles. The van der Waals surface area contributed by atoms with Crippen LogP contribution in [-0.2, 0) is 12.8 Å². The number of thiophene rings is 2. The smallest absolute Gasteiger partial charge is 0.0523 e. The van der Waals surface area contributed by atoms with Crippen molar-refractivity contribution in [3.8, 4) is 0 Å². The summed E-state index contributed by atoms with van der Waals surface area (Å²) in [6.07, 6.45) is 13.4. The van der Waals surface area contributed by atoms with Gasteiger partial charge in [-0.1, -0.05) is 52.4 Å². The van der Waals surface area contributed by atoms with E-state index < -0.39 is 0 Å². The van der Waals surface area contributed by atoms with E-state index in [0.29, 0.717) is 0 Å². The van der Waals surface area contributed by atoms with Gasteiger partial charge in [-0.15, -0.1) is 22.7 Å². The number of hydrogen-bond donors (Lipinski definition) is 0. The van der Waals surface area contributed by atoms with Crippen molar-refractivity contribution < 1.29 is 0 Å². The van der Waals surface area contributed by atoms with E-state index in [4.69, 9.17) is 0 Å². The molecule has 0 aliphatic rings. The van der Waals surface area contributed by atoms with Crippen molar-refractivity contribution in [2.24, 2.45) is 0 Å². The third-order valence-electron chi connectivity index (χ3n) is 5.11. The van der Waals surface area contributed by atoms with Gasteiger partial charge in [0, 0.05) is 0 Å². The zero-order valence-electron chi connectivity index (χ0n) is 15.2. The molecular weight excluding hydrogens is 328 g/mol. The fourth-order valence-corrected chi connectivity index (χ4v) is 5.84. The van der Waals surface area contributed by atoms with Crippen LogP contribution in [0, 0.1) is 0 Å². The van der Waals surface area contributed by atoms with Gasteiger partial charge in [-0.3, -0.25) is 0 Å². The first-order valence-electron chi connectivity index (χ1n) is 9.74. The van der Waals surface area contributed by atoms with Crippen LogP contribution in [0.25, 0.3) is 20.2 Å². The fourth-order valence-electron chi connectivity index (χ4n) is 3.80. The second-order valence-electron chi connectivity index (χ2n) is 6.91. The first-order valence-corrected chi connectivity index (χ1v) is 11.5. The van der Waals surface area contributed by atoms with Gasteiger partial charge in [-0.2, -0.15) is 0 Å². The summed E-state index contributed by atoms with van der Waals surface area (Å²) in [6, 6.07) is 4.76. The Morgan fingerprint density at radius 1 is 0.625 bits per heavy atom. The largest absolute Gasteiger partial charge is 0.142 e. The van der Waals surface area contributed by atoms with Crippen LogP contribution in [-0.4, -0.2) is 0 Å². The summed E-state index contributed by atoms with van der Waals surface area (Å²) in [6.45, 7) is 4.60. The summed E-state index contributed by atoms with van der Waals surface area (Å²) in [7, 11) is 0. The molecule has 0 radical (unpaired) electrons. The van der Waals surface area contributed by atoms with Gasteiger partial charge < -0.3 is 0 Å². The SMILES string of the molecule is CCCCCCc1c(CCCCCC)c2ccsc2c2sccc12. The van der Waals surface area contributed by atoms with Crippen LogP contribution in [0.1, 0.15) is 76.3 Å². The van der Waals surface area contributed by atoms with Gasteiger partial charge in [0.15, 0.2) is 0 Å². The Morgan fingerprint density at radius 3 is 1.50 bits per heavy atom. The van der Waals surface area contributed by atoms with Gasteiger partial charge in [0.1, 0.15) is 0 Å². The molecular formula is C22H30S2. The van der Waals surface area contributed by atoms with E-state index in [0.717, 1.165) is 0 Å². The standard InChI is InChI=1S/C22H30S2/c1-3-5-7-9-11-17-18(12-10-8-6-4-2)20-14-16-24-22(20)21-19(17)13-15-23-21/h13-16H,3-12H2,1-2H3. The fraction of sp³-hybridized carbons (Fsp3) is 0.545. The highest BCUT2D eigenvalue weighted by molar-refractivity contribution is 7.25. The molecule has 0 fully saturated rings. The van der Waals surface area contributed by atoms with Crippen molar-refractivity contribution in [1.82, 2.24) is 0 Å². The van der Waals surface area contributed by atoms with E-state index in [1.54, 1.807) is 21.9 Å². The first-order chi connectivity index (χ1) is 11.9. The molecule has 3 rings (SSSR count). The lowest BCUT2D eigenvalue weighted by atomic mass is 9.91. The zero-order valence-corrected chi connectivity index (χ0v) is 16.8. The average Bonchev–Trinajstić information content (AvgIpc) is 3.24. The molecule has 0 aliphatic heterocycles. The molecule has 0 unspecified atom stereocenters. The average molecular weight is 359 g/mol. The van der Waals surface area contributed by atoms with Gasteiger partial charge >= 0.3 is 0 Å². The third-order valence-corrected chi connectivity index (χ3v) is 7.10. The maximum Gasteiger partial charge on any atom is 0.0523 e. The number of aryl methyl sites for hydroxylation is 2. The predicted octanol–water partition coefficient (Wildman–Crippen LogP) is 8.36. The molecule has 2 heterocycles. The molecule has 0 spiro atoms. The monoisotopic (exact) mass is 358 g/mol. The van der Waals surface area contributed by atoms with Crippen LogP contribution in [0.3, 0.4) is 0 Å². The number of rotatable bonds is 10. The lowest BCUT2D eigenvalue weighted by Crippen LogP contribution is -1.97. The molecule has 0 saturated heterocycles. The minimum Gasteiger partial charge on any atom is -0.142 e. The number of benzene rings is 1. The van der Waals surface area contributed by atoms with Crippen LogP contribution in [0.2, 0.25) is 0 Å². The van der Waals surface area contributed by atoms with Crippen LogP contribution in [0.4, 0.5) is 0 Å². The number of unbranched alkanes of at least 4 members (excludes halogenated alkanes) is 6. The summed E-state index contributed by atoms with van der Waals surface area (Å²) in [5.41, 5.74) is 3.34. The Balaban J connectivity index is 1.94. The van der Waals surface area contributed by atoms with Gasteiger partial charge in [0.2, 0.25) is 0 Å². The maximum absolute atomic E-state index is 2.38. The summed E-state index contributed by atoms with van der Waals surface area (Å²) >= 11 is 3.86. The Morgan fingerprint density at radius 2 is 1.08 bits per heavy atom. The minimum atomic E-state index is 1.27. The molecule has 130 valence electrons. The molecule has 0 bridgehead atoms. The molecule has 0 N–H and O–H groups in total. The zero-order chi connectivity index (χ0) is 16.8. The second kappa shape index (κ2) is 9.01. The van der Waals surface area contributed by atoms with Crippen LogP contribution in [0.15, 0.2) is 22.9 Å². The van der Waals surface area contributed by atoms with E-state index in [9.17, 15) is 0 Å². The van der Waals surface area contributed by atoms with Crippen molar-refractivity contribution in [1.29, 1.82) is 0 Å². The second-order valence-corrected chi connectivity index (χ2v) is 8.74. The Labute approximate surface area is 154 Å². The highest BCUT2D eigenvalue weighted by Gasteiger charge is 2.15. The maximum atomic E-state index is 2.38. The van der Waals surface area contributed by atoms with Crippen molar-refractivity contribution in [2.75, 3.05) is 0 Å². The number of fused-ring (bicyclic) bond motifs is 3. The van der Waals surface area contributed by atoms with Crippen LogP contribution >= 0.6 is 22.7 Å². The van der Waals surface area contributed by atoms with E-state index in [2.05, 4.69) is 36.7 Å². The van der Waals surface area contributed by atoms with Crippen molar-refractivity contribution in [3.63, 3.8) is 0 Å². The summed E-state index contributed by atoms with van der Waals surface area (Å²) < 4.78 is 3.06. The van der Waals surface area contributed by atoms with E-state index >= 15 is 0 Å². The molecule has 24 heavy (non-hydrogen) atoms. The first kappa shape index (κ1) is 17.9. The van der Waals surface area contributed by atoms with Crippen molar-refractivity contribution >= 4 is 42.8 Å². The van der Waals surface area contributed by atoms with Gasteiger partial charge in [0.25, 0.3) is 0 Å². The highest BCUT2D eigenvalue weighted by Crippen LogP contribution is 2.40. The van der Waals surface area contributed by atoms with Gasteiger partial charge in [-0.05, 0) is 70.5 Å². The molecule has 2 aromatic heterocycles. The predicted molar refractivity (Wildman–Crippen MR) is 113 cm³/mol. The van der Waals surface area contributed by atoms with Crippen LogP contribution < -0.4 is 0 Å². The van der Waals surface area contributed by atoms with Gasteiger partial charge in [-0.25, -0.2) is 0 Å². The van der Waals surface area contributed by atoms with E-state index in [1.807, 2.05) is 22.7 Å². The quantitative estimate of drug-likeness (QED) is 0.319. The highest BCUT2D eigenvalue weighted by atomic mass is 32.1. The lowest BCUT2D eigenvalue weighted by molar-refractivity contribution is 0.653. The molecule has 3 aromatic rings. The van der Waals surface area contributed by atoms with Gasteiger partial charge in [0.05, 0.1) is 9.40 Å². The summed E-state index contributed by atoms with van der Waals surface area (Å²) in [4.78, 5) is 0. The minimum absolute atomic E-state index is 1.27. The van der Waals surface area contributed by atoms with E-state index in [1.165, 1.54) is 73.6 Å². The molecule has 0 aliphatic carbocycles. The van der Waals surface area contributed by atoms with Crippen molar-refractivity contribution in [3.05, 3.63) is 34.0 Å². The molecule has 2 heteroatoms. The topological polar surface area (TPSA) is 0 Å². The molecule has 0 amide bonds. The Kier molecular flexibility index (Phi) is 6.74. The summed E-state index contributed by atoms with van der Waals surface area (Å²) in [5.74, 6) is 0. The van der Waals surface area contributed by atoms with Crippen LogP contribution in [0.5, 0.6) is 0 Å². The van der Waals surface area contributed by atoms with Crippen molar-refractivity contribution in [2.45, 2.75) is 78.1 Å². The molecule has 0 atom stereocenters. The third kappa shape index (κ3) is 3.86. The normalized spacial score (nSPS) is 11.8. The Hall–Kier alpha value is -0.860.